The van der Waals surface area contributed by atoms with Crippen LogP contribution < -0.4 is 5.73 Å². The van der Waals surface area contributed by atoms with Gasteiger partial charge in [0, 0.05) is 32.7 Å². The predicted molar refractivity (Wildman–Crippen MR) is 70.5 cm³/mol. The summed E-state index contributed by atoms with van der Waals surface area (Å²) in [4.78, 5) is 1.77. The van der Waals surface area contributed by atoms with Gasteiger partial charge in [0.05, 0.1) is 0 Å². The Labute approximate surface area is 112 Å². The molecule has 2 N–H and O–H groups in total. The second kappa shape index (κ2) is 5.54. The maximum atomic E-state index is 13.9. The number of likely N-dealkylation sites (N-methyl/N-ethyl adjacent to an activating group) is 1. The SMILES string of the molecule is CN1CCN(S(=O)(=O)c2ccc(CN)cc2F)CC1. The fourth-order valence-corrected chi connectivity index (χ4v) is 3.52. The Bertz CT molecular complexity index is 554. The van der Waals surface area contributed by atoms with Gasteiger partial charge >= 0.3 is 0 Å². The van der Waals surface area contributed by atoms with Crippen LogP contribution in [0.1, 0.15) is 5.56 Å². The van der Waals surface area contributed by atoms with Crippen LogP contribution in [0.15, 0.2) is 23.1 Å². The van der Waals surface area contributed by atoms with Crippen molar-refractivity contribution in [3.05, 3.63) is 29.6 Å². The van der Waals surface area contributed by atoms with Gasteiger partial charge in [-0.25, -0.2) is 12.8 Å². The zero-order valence-corrected chi connectivity index (χ0v) is 11.7. The topological polar surface area (TPSA) is 66.6 Å². The van der Waals surface area contributed by atoms with Crippen LogP contribution in [0.2, 0.25) is 0 Å². The van der Waals surface area contributed by atoms with Crippen LogP contribution in [0.25, 0.3) is 0 Å². The molecule has 0 bridgehead atoms. The Morgan fingerprint density at radius 3 is 2.42 bits per heavy atom. The molecule has 1 aliphatic rings. The Morgan fingerprint density at radius 2 is 1.89 bits per heavy atom. The van der Waals surface area contributed by atoms with Crippen LogP contribution in [0, 0.1) is 5.82 Å². The van der Waals surface area contributed by atoms with Crippen molar-refractivity contribution >= 4 is 10.0 Å². The average molecular weight is 287 g/mol. The van der Waals surface area contributed by atoms with Crippen LogP contribution in [0.3, 0.4) is 0 Å². The van der Waals surface area contributed by atoms with Gasteiger partial charge in [0.25, 0.3) is 0 Å². The first kappa shape index (κ1) is 14.4. The lowest BCUT2D eigenvalue weighted by Gasteiger charge is -2.31. The lowest BCUT2D eigenvalue weighted by molar-refractivity contribution is 0.222. The number of piperazine rings is 1. The molecule has 0 radical (unpaired) electrons. The van der Waals surface area contributed by atoms with Gasteiger partial charge in [-0.1, -0.05) is 6.07 Å². The van der Waals surface area contributed by atoms with E-state index in [0.717, 1.165) is 0 Å². The zero-order chi connectivity index (χ0) is 14.0. The molecule has 0 aliphatic carbocycles. The van der Waals surface area contributed by atoms with Crippen molar-refractivity contribution in [2.24, 2.45) is 5.73 Å². The first-order valence-corrected chi connectivity index (χ1v) is 7.56. The molecule has 1 aromatic rings. The monoisotopic (exact) mass is 287 g/mol. The molecular weight excluding hydrogens is 269 g/mol. The lowest BCUT2D eigenvalue weighted by Crippen LogP contribution is -2.47. The summed E-state index contributed by atoms with van der Waals surface area (Å²) in [5.74, 6) is -0.734. The van der Waals surface area contributed by atoms with Gasteiger partial charge in [-0.15, -0.1) is 0 Å². The highest BCUT2D eigenvalue weighted by Crippen LogP contribution is 2.21. The summed E-state index contributed by atoms with van der Waals surface area (Å²) in [7, 11) is -1.82. The van der Waals surface area contributed by atoms with Crippen LogP contribution in [0.5, 0.6) is 0 Å². The number of benzene rings is 1. The van der Waals surface area contributed by atoms with Crippen molar-refractivity contribution in [2.75, 3.05) is 33.2 Å². The number of halogens is 1. The summed E-state index contributed by atoms with van der Waals surface area (Å²) in [5, 5.41) is 0. The van der Waals surface area contributed by atoms with Crippen molar-refractivity contribution in [3.8, 4) is 0 Å². The van der Waals surface area contributed by atoms with E-state index in [9.17, 15) is 12.8 Å². The molecule has 19 heavy (non-hydrogen) atoms. The summed E-state index contributed by atoms with van der Waals surface area (Å²) in [6.07, 6.45) is 0. The summed E-state index contributed by atoms with van der Waals surface area (Å²) < 4.78 is 39.9. The first-order valence-electron chi connectivity index (χ1n) is 6.12. The molecule has 1 aromatic carbocycles. The molecule has 106 valence electrons. The minimum absolute atomic E-state index is 0.186. The van der Waals surface area contributed by atoms with Crippen LogP contribution in [0.4, 0.5) is 4.39 Å². The van der Waals surface area contributed by atoms with Crippen molar-refractivity contribution in [2.45, 2.75) is 11.4 Å². The Balaban J connectivity index is 2.29. The van der Waals surface area contributed by atoms with Crippen molar-refractivity contribution in [3.63, 3.8) is 0 Å². The molecule has 0 spiro atoms. The molecule has 0 unspecified atom stereocenters. The fraction of sp³-hybridized carbons (Fsp3) is 0.500. The smallest absolute Gasteiger partial charge is 0.246 e. The van der Waals surface area contributed by atoms with E-state index in [-0.39, 0.29) is 11.4 Å². The molecule has 1 saturated heterocycles. The van der Waals surface area contributed by atoms with Crippen molar-refractivity contribution < 1.29 is 12.8 Å². The van der Waals surface area contributed by atoms with Gasteiger partial charge in [-0.3, -0.25) is 0 Å². The average Bonchev–Trinajstić information content (AvgIpc) is 2.38. The Hall–Kier alpha value is -1.02. The van der Waals surface area contributed by atoms with Gasteiger partial charge in [0.15, 0.2) is 0 Å². The highest BCUT2D eigenvalue weighted by molar-refractivity contribution is 7.89. The molecular formula is C12H18FN3O2S. The number of nitrogens with two attached hydrogens (primary N) is 1. The highest BCUT2D eigenvalue weighted by Gasteiger charge is 2.29. The molecule has 2 rings (SSSR count). The summed E-state index contributed by atoms with van der Waals surface area (Å²) in [6, 6.07) is 4.03. The van der Waals surface area contributed by atoms with Crippen molar-refractivity contribution in [1.82, 2.24) is 9.21 Å². The third-order valence-electron chi connectivity index (χ3n) is 3.31. The number of nitrogens with zero attached hydrogens (tertiary/aromatic N) is 2. The van der Waals surface area contributed by atoms with E-state index < -0.39 is 15.8 Å². The largest absolute Gasteiger partial charge is 0.326 e. The van der Waals surface area contributed by atoms with E-state index in [4.69, 9.17) is 5.73 Å². The molecule has 0 aromatic heterocycles. The highest BCUT2D eigenvalue weighted by atomic mass is 32.2. The van der Waals surface area contributed by atoms with Crippen LogP contribution in [-0.4, -0.2) is 50.8 Å². The maximum absolute atomic E-state index is 13.9. The lowest BCUT2D eigenvalue weighted by atomic mass is 10.2. The van der Waals surface area contributed by atoms with E-state index in [1.54, 1.807) is 6.07 Å². The number of rotatable bonds is 3. The second-order valence-electron chi connectivity index (χ2n) is 4.68. The van der Waals surface area contributed by atoms with E-state index in [0.29, 0.717) is 31.7 Å². The minimum atomic E-state index is -3.75. The van der Waals surface area contributed by atoms with Gasteiger partial charge in [-0.05, 0) is 24.7 Å². The first-order chi connectivity index (χ1) is 8.95. The third kappa shape index (κ3) is 2.94. The maximum Gasteiger partial charge on any atom is 0.246 e. The van der Waals surface area contributed by atoms with Gasteiger partial charge in [-0.2, -0.15) is 4.31 Å². The molecule has 1 heterocycles. The van der Waals surface area contributed by atoms with Gasteiger partial charge in [0.1, 0.15) is 10.7 Å². The molecule has 0 amide bonds. The quantitative estimate of drug-likeness (QED) is 0.863. The molecule has 0 atom stereocenters. The zero-order valence-electron chi connectivity index (χ0n) is 10.8. The Morgan fingerprint density at radius 1 is 1.26 bits per heavy atom. The second-order valence-corrected chi connectivity index (χ2v) is 6.58. The number of sulfonamides is 1. The Kier molecular flexibility index (Phi) is 4.19. The molecule has 1 aliphatic heterocycles. The minimum Gasteiger partial charge on any atom is -0.326 e. The van der Waals surface area contributed by atoms with Gasteiger partial charge in [0.2, 0.25) is 10.0 Å². The molecule has 7 heteroatoms. The van der Waals surface area contributed by atoms with Gasteiger partial charge < -0.3 is 10.6 Å². The van der Waals surface area contributed by atoms with Crippen LogP contribution in [-0.2, 0) is 16.6 Å². The summed E-state index contributed by atoms with van der Waals surface area (Å²) >= 11 is 0. The predicted octanol–water partition coefficient (Wildman–Crippen LogP) is 0.220. The van der Waals surface area contributed by atoms with Crippen LogP contribution >= 0.6 is 0 Å². The van der Waals surface area contributed by atoms with E-state index >= 15 is 0 Å². The molecule has 1 fully saturated rings. The standard InChI is InChI=1S/C12H18FN3O2S/c1-15-4-6-16(7-5-15)19(17,18)12-3-2-10(9-14)8-11(12)13/h2-3,8H,4-7,9,14H2,1H3. The normalized spacial score (nSPS) is 18.7. The van der Waals surface area contributed by atoms with E-state index in [1.165, 1.54) is 16.4 Å². The van der Waals surface area contributed by atoms with E-state index in [1.807, 2.05) is 11.9 Å². The number of hydrogen-bond donors (Lipinski definition) is 1. The molecule has 0 saturated carbocycles. The van der Waals surface area contributed by atoms with E-state index in [2.05, 4.69) is 0 Å². The number of hydrogen-bond acceptors (Lipinski definition) is 4. The molecule has 5 nitrogen and oxygen atoms in total. The summed E-state index contributed by atoms with van der Waals surface area (Å²) in [6.45, 7) is 2.27. The fourth-order valence-electron chi connectivity index (χ4n) is 2.05. The third-order valence-corrected chi connectivity index (χ3v) is 5.24. The summed E-state index contributed by atoms with van der Waals surface area (Å²) in [5.41, 5.74) is 5.98. The van der Waals surface area contributed by atoms with Crippen molar-refractivity contribution in [1.29, 1.82) is 0 Å².